The number of aldehydes is 1. The van der Waals surface area contributed by atoms with E-state index in [9.17, 15) is 14.4 Å². The molecule has 0 rings (SSSR count). The van der Waals surface area contributed by atoms with Gasteiger partial charge in [-0.15, -0.1) is 0 Å². The first-order valence-electron chi connectivity index (χ1n) is 1.51. The Hall–Kier alpha value is -1.21. The summed E-state index contributed by atoms with van der Waals surface area (Å²) in [4.78, 5) is 28.3. The Kier molecular flexibility index (Phi) is 2.48. The van der Waals surface area contributed by atoms with E-state index in [1.165, 1.54) is 0 Å². The topological polar surface area (TPSA) is 51.2 Å². The van der Waals surface area contributed by atoms with Gasteiger partial charge in [-0.05, 0) is 0 Å². The highest BCUT2D eigenvalue weighted by atomic mass is 16.2. The van der Waals surface area contributed by atoms with E-state index in [1.807, 2.05) is 0 Å². The Morgan fingerprint density at radius 2 is 2.14 bits per heavy atom. The van der Waals surface area contributed by atoms with Gasteiger partial charge < -0.3 is 0 Å². The van der Waals surface area contributed by atoms with E-state index in [0.29, 0.717) is 6.08 Å². The molecule has 0 fully saturated rings. The van der Waals surface area contributed by atoms with Gasteiger partial charge in [0.25, 0.3) is 0 Å². The van der Waals surface area contributed by atoms with E-state index in [1.54, 1.807) is 0 Å². The normalized spacial score (nSPS) is 6.29. The van der Waals surface area contributed by atoms with E-state index < -0.39 is 5.78 Å². The van der Waals surface area contributed by atoms with Crippen LogP contribution in [0.25, 0.3) is 0 Å². The van der Waals surface area contributed by atoms with Gasteiger partial charge in [0.15, 0.2) is 6.29 Å². The fraction of sp³-hybridized carbons (Fsp3) is 0. The zero-order valence-corrected chi connectivity index (χ0v) is 3.38. The molecule has 3 heteroatoms. The van der Waals surface area contributed by atoms with E-state index >= 15 is 0 Å². The lowest BCUT2D eigenvalue weighted by Crippen LogP contribution is -1.90. The van der Waals surface area contributed by atoms with Crippen LogP contribution in [0.15, 0.2) is 6.08 Å². The van der Waals surface area contributed by atoms with Crippen molar-refractivity contribution in [2.75, 3.05) is 0 Å². The molecule has 0 radical (unpaired) electrons. The third-order valence-electron chi connectivity index (χ3n) is 0.317. The Bertz CT molecular complexity index is 130. The number of carbonyl (C=O) groups excluding carboxylic acids is 3. The first kappa shape index (κ1) is 5.79. The second kappa shape index (κ2) is 3.00. The predicted octanol–water partition coefficient (Wildman–Crippen LogP) is -0.858. The molecule has 0 unspecified atom stereocenters. The van der Waals surface area contributed by atoms with Gasteiger partial charge in [-0.3, -0.25) is 9.59 Å². The second-order valence-corrected chi connectivity index (χ2v) is 0.782. The molecule has 0 aromatic rings. The smallest absolute Gasteiger partial charge is 0.229 e. The molecule has 0 aliphatic rings. The minimum atomic E-state index is -0.852. The lowest BCUT2D eigenvalue weighted by atomic mass is 10.4. The largest absolute Gasteiger partial charge is 0.294 e. The highest BCUT2D eigenvalue weighted by Crippen LogP contribution is 1.57. The fourth-order valence-corrected chi connectivity index (χ4v) is 0.0921. The maximum Gasteiger partial charge on any atom is 0.229 e. The Balaban J connectivity index is 3.82. The molecule has 3 nitrogen and oxygen atoms in total. The molecule has 0 N–H and O–H groups in total. The molecule has 0 atom stereocenters. The van der Waals surface area contributed by atoms with Crippen LogP contribution in [0, 0.1) is 0 Å². The monoisotopic (exact) mass is 98.0 g/mol. The molecule has 7 heavy (non-hydrogen) atoms. The quantitative estimate of drug-likeness (QED) is 0.195. The minimum absolute atomic E-state index is 0.0465. The van der Waals surface area contributed by atoms with Gasteiger partial charge in [-0.2, -0.15) is 0 Å². The third-order valence-corrected chi connectivity index (χ3v) is 0.317. The second-order valence-electron chi connectivity index (χ2n) is 0.782. The number of rotatable bonds is 2. The van der Waals surface area contributed by atoms with Gasteiger partial charge in [0.2, 0.25) is 5.78 Å². The number of hydrogen-bond donors (Lipinski definition) is 0. The van der Waals surface area contributed by atoms with E-state index in [-0.39, 0.29) is 6.29 Å². The van der Waals surface area contributed by atoms with Gasteiger partial charge in [-0.25, -0.2) is 4.79 Å². The zero-order chi connectivity index (χ0) is 5.70. The Morgan fingerprint density at radius 3 is 2.29 bits per heavy atom. The predicted molar refractivity (Wildman–Crippen MR) is 21.3 cm³/mol. The summed E-state index contributed by atoms with van der Waals surface area (Å²) in [6.45, 7) is 0. The molecule has 0 amide bonds. The molecular formula is C4H2O3. The van der Waals surface area contributed by atoms with Crippen LogP contribution >= 0.6 is 0 Å². The zero-order valence-electron chi connectivity index (χ0n) is 3.38. The minimum Gasteiger partial charge on any atom is -0.294 e. The van der Waals surface area contributed by atoms with Crippen LogP contribution < -0.4 is 0 Å². The fourth-order valence-electron chi connectivity index (χ4n) is 0.0921. The van der Waals surface area contributed by atoms with Crippen LogP contribution in [0.4, 0.5) is 0 Å². The van der Waals surface area contributed by atoms with Crippen molar-refractivity contribution in [2.45, 2.75) is 0 Å². The van der Waals surface area contributed by atoms with Gasteiger partial charge in [0, 0.05) is 0 Å². The van der Waals surface area contributed by atoms with Crippen LogP contribution in [0.1, 0.15) is 0 Å². The average molecular weight is 98.1 g/mol. The molecule has 0 saturated heterocycles. The molecule has 0 spiro atoms. The van der Waals surface area contributed by atoms with Crippen molar-refractivity contribution >= 4 is 18.0 Å². The number of ketones is 1. The average Bonchev–Trinajstić information content (AvgIpc) is 1.68. The van der Waals surface area contributed by atoms with Crippen molar-refractivity contribution in [3.8, 4) is 0 Å². The molecule has 0 saturated carbocycles. The van der Waals surface area contributed by atoms with Crippen LogP contribution in [0.5, 0.6) is 0 Å². The van der Waals surface area contributed by atoms with Gasteiger partial charge >= 0.3 is 0 Å². The molecular weight excluding hydrogens is 96.0 g/mol. The summed E-state index contributed by atoms with van der Waals surface area (Å²) in [6.07, 6.45) is 0.581. The summed E-state index contributed by atoms with van der Waals surface area (Å²) in [6, 6.07) is 0. The van der Waals surface area contributed by atoms with Crippen molar-refractivity contribution in [2.24, 2.45) is 0 Å². The number of hydrogen-bond acceptors (Lipinski definition) is 3. The van der Waals surface area contributed by atoms with Crippen LogP contribution in [-0.4, -0.2) is 18.0 Å². The first-order valence-corrected chi connectivity index (χ1v) is 1.51. The molecule has 0 aromatic heterocycles. The standard InChI is InChI=1S/C4H2O3/c5-2-1-4(7)3-6/h1,3H. The molecule has 0 aliphatic heterocycles. The highest BCUT2D eigenvalue weighted by molar-refractivity contribution is 6.32. The van der Waals surface area contributed by atoms with Gasteiger partial charge in [0.05, 0.1) is 6.08 Å². The van der Waals surface area contributed by atoms with Crippen LogP contribution in [0.2, 0.25) is 0 Å². The summed E-state index contributed by atoms with van der Waals surface area (Å²) in [7, 11) is 0. The molecule has 0 heterocycles. The molecule has 36 valence electrons. The van der Waals surface area contributed by atoms with E-state index in [2.05, 4.69) is 0 Å². The number of carbonyl (C=O) groups is 2. The van der Waals surface area contributed by atoms with Crippen molar-refractivity contribution in [3.05, 3.63) is 6.08 Å². The van der Waals surface area contributed by atoms with Crippen molar-refractivity contribution in [3.63, 3.8) is 0 Å². The summed E-state index contributed by atoms with van der Waals surface area (Å²) >= 11 is 0. The summed E-state index contributed by atoms with van der Waals surface area (Å²) in [5.74, 6) is 0.311. The molecule has 0 bridgehead atoms. The Morgan fingerprint density at radius 1 is 1.57 bits per heavy atom. The Labute approximate surface area is 39.6 Å². The number of allylic oxidation sites excluding steroid dienone is 1. The summed E-state index contributed by atoms with van der Waals surface area (Å²) < 4.78 is 0. The summed E-state index contributed by atoms with van der Waals surface area (Å²) in [5.41, 5.74) is 0. The third kappa shape index (κ3) is 2.60. The van der Waals surface area contributed by atoms with Gasteiger partial charge in [0.1, 0.15) is 5.94 Å². The first-order chi connectivity index (χ1) is 3.31. The van der Waals surface area contributed by atoms with Crippen molar-refractivity contribution in [1.82, 2.24) is 0 Å². The van der Waals surface area contributed by atoms with E-state index in [0.717, 1.165) is 5.94 Å². The molecule has 0 aromatic carbocycles. The maximum atomic E-state index is 9.73. The van der Waals surface area contributed by atoms with Crippen molar-refractivity contribution in [1.29, 1.82) is 0 Å². The van der Waals surface area contributed by atoms with E-state index in [4.69, 9.17) is 0 Å². The SMILES string of the molecule is O=C=CC(=O)C=O. The van der Waals surface area contributed by atoms with Crippen LogP contribution in [0.3, 0.4) is 0 Å². The van der Waals surface area contributed by atoms with Gasteiger partial charge in [-0.1, -0.05) is 0 Å². The maximum absolute atomic E-state index is 9.73. The summed E-state index contributed by atoms with van der Waals surface area (Å²) in [5, 5.41) is 0. The lowest BCUT2D eigenvalue weighted by Gasteiger charge is -1.61. The highest BCUT2D eigenvalue weighted by Gasteiger charge is 1.86. The van der Waals surface area contributed by atoms with Crippen molar-refractivity contribution < 1.29 is 14.4 Å². The molecule has 0 aliphatic carbocycles. The lowest BCUT2D eigenvalue weighted by molar-refractivity contribution is -0.126. The van der Waals surface area contributed by atoms with Crippen LogP contribution in [-0.2, 0) is 14.4 Å².